The first-order chi connectivity index (χ1) is 7.91. The van der Waals surface area contributed by atoms with E-state index >= 15 is 0 Å². The summed E-state index contributed by atoms with van der Waals surface area (Å²) < 4.78 is 1.79. The largest absolute Gasteiger partial charge is 0.351 e. The van der Waals surface area contributed by atoms with Gasteiger partial charge in [-0.2, -0.15) is 5.10 Å². The summed E-state index contributed by atoms with van der Waals surface area (Å²) in [4.78, 5) is 21.5. The number of aryl methyl sites for hydroxylation is 2. The van der Waals surface area contributed by atoms with E-state index in [0.29, 0.717) is 6.54 Å². The molecule has 0 atom stereocenters. The molecule has 0 aliphatic heterocycles. The maximum absolute atomic E-state index is 11.1. The maximum atomic E-state index is 11.1. The lowest BCUT2D eigenvalue weighted by atomic mass is 10.2. The summed E-state index contributed by atoms with van der Waals surface area (Å²) in [6.07, 6.45) is 0. The SMILES string of the molecule is Cc1nn(C)c(C)c1CNCC(=O)NC(N)=O. The number of urea groups is 1. The van der Waals surface area contributed by atoms with Crippen molar-refractivity contribution < 1.29 is 9.59 Å². The summed E-state index contributed by atoms with van der Waals surface area (Å²) in [6.45, 7) is 4.43. The second-order valence-electron chi connectivity index (χ2n) is 3.79. The van der Waals surface area contributed by atoms with Crippen molar-refractivity contribution in [3.8, 4) is 0 Å². The Morgan fingerprint density at radius 1 is 1.41 bits per heavy atom. The second-order valence-corrected chi connectivity index (χ2v) is 3.79. The third-order valence-corrected chi connectivity index (χ3v) is 2.51. The van der Waals surface area contributed by atoms with Gasteiger partial charge in [-0.05, 0) is 13.8 Å². The van der Waals surface area contributed by atoms with Gasteiger partial charge in [0.1, 0.15) is 0 Å². The average Bonchev–Trinajstić information content (AvgIpc) is 2.43. The minimum atomic E-state index is -0.842. The molecule has 0 spiro atoms. The molecule has 0 saturated heterocycles. The van der Waals surface area contributed by atoms with Gasteiger partial charge in [-0.3, -0.25) is 14.8 Å². The minimum Gasteiger partial charge on any atom is -0.351 e. The number of amides is 3. The van der Waals surface area contributed by atoms with Gasteiger partial charge in [-0.15, -0.1) is 0 Å². The van der Waals surface area contributed by atoms with Gasteiger partial charge in [-0.25, -0.2) is 4.79 Å². The Bertz CT molecular complexity index is 438. The van der Waals surface area contributed by atoms with E-state index in [2.05, 4.69) is 10.4 Å². The highest BCUT2D eigenvalue weighted by Crippen LogP contribution is 2.10. The summed E-state index contributed by atoms with van der Waals surface area (Å²) in [6, 6.07) is -0.842. The first kappa shape index (κ1) is 13.2. The van der Waals surface area contributed by atoms with Crippen LogP contribution in [0.15, 0.2) is 0 Å². The molecule has 1 heterocycles. The van der Waals surface area contributed by atoms with E-state index in [4.69, 9.17) is 5.73 Å². The van der Waals surface area contributed by atoms with Crippen molar-refractivity contribution in [1.29, 1.82) is 0 Å². The molecule has 1 aromatic rings. The van der Waals surface area contributed by atoms with Crippen LogP contribution in [0.4, 0.5) is 4.79 Å². The molecule has 1 aromatic heterocycles. The topological polar surface area (TPSA) is 102 Å². The lowest BCUT2D eigenvalue weighted by Gasteiger charge is -2.04. The van der Waals surface area contributed by atoms with Crippen LogP contribution in [0.5, 0.6) is 0 Å². The summed E-state index contributed by atoms with van der Waals surface area (Å²) in [7, 11) is 1.87. The van der Waals surface area contributed by atoms with Crippen LogP contribution in [-0.4, -0.2) is 28.3 Å². The van der Waals surface area contributed by atoms with Crippen LogP contribution in [0, 0.1) is 13.8 Å². The Labute approximate surface area is 99.4 Å². The van der Waals surface area contributed by atoms with E-state index in [0.717, 1.165) is 17.0 Å². The molecule has 7 heteroatoms. The highest BCUT2D eigenvalue weighted by atomic mass is 16.2. The number of hydrogen-bond donors (Lipinski definition) is 3. The summed E-state index contributed by atoms with van der Waals surface area (Å²) in [5, 5.41) is 9.17. The van der Waals surface area contributed by atoms with Crippen LogP contribution in [0.2, 0.25) is 0 Å². The number of primary amides is 1. The quantitative estimate of drug-likeness (QED) is 0.648. The van der Waals surface area contributed by atoms with Gasteiger partial charge >= 0.3 is 6.03 Å². The molecule has 0 saturated carbocycles. The molecule has 0 aliphatic carbocycles. The van der Waals surface area contributed by atoms with Crippen LogP contribution in [-0.2, 0) is 18.4 Å². The van der Waals surface area contributed by atoms with Gasteiger partial charge in [0.2, 0.25) is 5.91 Å². The molecule has 0 radical (unpaired) electrons. The molecule has 0 fully saturated rings. The van der Waals surface area contributed by atoms with Crippen molar-refractivity contribution in [3.05, 3.63) is 17.0 Å². The van der Waals surface area contributed by atoms with E-state index in [1.54, 1.807) is 4.68 Å². The minimum absolute atomic E-state index is 0.0384. The van der Waals surface area contributed by atoms with E-state index in [-0.39, 0.29) is 6.54 Å². The Hall–Kier alpha value is -1.89. The number of rotatable bonds is 4. The number of nitrogens with zero attached hydrogens (tertiary/aromatic N) is 2. The van der Waals surface area contributed by atoms with Gasteiger partial charge < -0.3 is 11.1 Å². The van der Waals surface area contributed by atoms with Crippen LogP contribution in [0.25, 0.3) is 0 Å². The zero-order valence-corrected chi connectivity index (χ0v) is 10.2. The van der Waals surface area contributed by atoms with Crippen molar-refractivity contribution in [2.75, 3.05) is 6.54 Å². The molecule has 0 aromatic carbocycles. The third kappa shape index (κ3) is 3.56. The highest BCUT2D eigenvalue weighted by Gasteiger charge is 2.09. The lowest BCUT2D eigenvalue weighted by Crippen LogP contribution is -2.40. The van der Waals surface area contributed by atoms with Crippen LogP contribution >= 0.6 is 0 Å². The lowest BCUT2D eigenvalue weighted by molar-refractivity contribution is -0.119. The van der Waals surface area contributed by atoms with Crippen molar-refractivity contribution in [2.24, 2.45) is 12.8 Å². The molecule has 94 valence electrons. The maximum Gasteiger partial charge on any atom is 0.318 e. The van der Waals surface area contributed by atoms with Crippen LogP contribution in [0.3, 0.4) is 0 Å². The Morgan fingerprint density at radius 3 is 2.53 bits per heavy atom. The third-order valence-electron chi connectivity index (χ3n) is 2.51. The Kier molecular flexibility index (Phi) is 4.22. The monoisotopic (exact) mass is 239 g/mol. The van der Waals surface area contributed by atoms with E-state index in [9.17, 15) is 9.59 Å². The molecular formula is C10H17N5O2. The first-order valence-corrected chi connectivity index (χ1v) is 5.21. The van der Waals surface area contributed by atoms with Crippen molar-refractivity contribution >= 4 is 11.9 Å². The molecule has 17 heavy (non-hydrogen) atoms. The summed E-state index contributed by atoms with van der Waals surface area (Å²) in [5.74, 6) is -0.448. The number of aromatic nitrogens is 2. The first-order valence-electron chi connectivity index (χ1n) is 5.21. The predicted octanol–water partition coefficient (Wildman–Crippen LogP) is -0.679. The van der Waals surface area contributed by atoms with Crippen molar-refractivity contribution in [3.63, 3.8) is 0 Å². The number of imide groups is 1. The smallest absolute Gasteiger partial charge is 0.318 e. The number of carbonyl (C=O) groups excluding carboxylic acids is 2. The van der Waals surface area contributed by atoms with E-state index in [1.807, 2.05) is 26.2 Å². The average molecular weight is 239 g/mol. The second kappa shape index (κ2) is 5.44. The highest BCUT2D eigenvalue weighted by molar-refractivity contribution is 5.94. The fourth-order valence-corrected chi connectivity index (χ4v) is 1.56. The molecule has 7 nitrogen and oxygen atoms in total. The molecule has 1 rings (SSSR count). The van der Waals surface area contributed by atoms with E-state index < -0.39 is 11.9 Å². The van der Waals surface area contributed by atoms with Gasteiger partial charge in [0.15, 0.2) is 0 Å². The zero-order valence-electron chi connectivity index (χ0n) is 10.2. The molecule has 0 aliphatic rings. The van der Waals surface area contributed by atoms with Gasteiger partial charge in [0, 0.05) is 24.8 Å². The van der Waals surface area contributed by atoms with Crippen LogP contribution in [0.1, 0.15) is 17.0 Å². The van der Waals surface area contributed by atoms with Crippen LogP contribution < -0.4 is 16.4 Å². The van der Waals surface area contributed by atoms with Gasteiger partial charge in [0.05, 0.1) is 12.2 Å². The number of hydrogen-bond acceptors (Lipinski definition) is 4. The molecule has 3 amide bonds. The fourth-order valence-electron chi connectivity index (χ4n) is 1.56. The van der Waals surface area contributed by atoms with Gasteiger partial charge in [-0.1, -0.05) is 0 Å². The Balaban J connectivity index is 2.46. The zero-order chi connectivity index (χ0) is 13.0. The normalized spacial score (nSPS) is 10.3. The molecular weight excluding hydrogens is 222 g/mol. The number of nitrogens with one attached hydrogen (secondary N) is 2. The molecule has 0 unspecified atom stereocenters. The van der Waals surface area contributed by atoms with E-state index in [1.165, 1.54) is 0 Å². The fraction of sp³-hybridized carbons (Fsp3) is 0.500. The van der Waals surface area contributed by atoms with Gasteiger partial charge in [0.25, 0.3) is 0 Å². The Morgan fingerprint density at radius 2 is 2.06 bits per heavy atom. The predicted molar refractivity (Wildman–Crippen MR) is 62.1 cm³/mol. The molecule has 0 bridgehead atoms. The van der Waals surface area contributed by atoms with Crippen molar-refractivity contribution in [2.45, 2.75) is 20.4 Å². The number of nitrogens with two attached hydrogens (primary N) is 1. The standard InChI is InChI=1S/C10H17N5O2/c1-6-8(7(2)15(3)14-6)4-12-5-9(16)13-10(11)17/h12H,4-5H2,1-3H3,(H3,11,13,16,17). The van der Waals surface area contributed by atoms with Crippen molar-refractivity contribution in [1.82, 2.24) is 20.4 Å². The molecule has 4 N–H and O–H groups in total. The summed E-state index contributed by atoms with van der Waals surface area (Å²) >= 11 is 0. The summed E-state index contributed by atoms with van der Waals surface area (Å²) in [5.41, 5.74) is 7.84. The number of carbonyl (C=O) groups is 2.